The van der Waals surface area contributed by atoms with E-state index in [1.807, 2.05) is 30.1 Å². The van der Waals surface area contributed by atoms with Crippen LogP contribution in [-0.2, 0) is 14.9 Å². The Balaban J connectivity index is 1.56. The molecule has 3 aromatic rings. The Kier molecular flexibility index (Phi) is 4.60. The molecule has 1 aliphatic rings. The molecule has 134 valence electrons. The van der Waals surface area contributed by atoms with Gasteiger partial charge in [-0.25, -0.2) is 9.97 Å². The molecule has 0 saturated carbocycles. The molecule has 3 aromatic heterocycles. The number of nitriles is 1. The summed E-state index contributed by atoms with van der Waals surface area (Å²) in [7, 11) is 0. The van der Waals surface area contributed by atoms with Crippen molar-refractivity contribution in [2.24, 2.45) is 0 Å². The third-order valence-corrected chi connectivity index (χ3v) is 4.74. The number of aromatic amines is 1. The Bertz CT molecular complexity index is 941. The zero-order valence-electron chi connectivity index (χ0n) is 14.1. The van der Waals surface area contributed by atoms with E-state index < -0.39 is 5.54 Å². The van der Waals surface area contributed by atoms with Crippen LogP contribution < -0.4 is 0 Å². The lowest BCUT2D eigenvalue weighted by Gasteiger charge is -2.46. The summed E-state index contributed by atoms with van der Waals surface area (Å²) in [5.74, 6) is 0.798. The van der Waals surface area contributed by atoms with Crippen LogP contribution >= 0.6 is 12.0 Å². The van der Waals surface area contributed by atoms with E-state index in [1.165, 1.54) is 18.4 Å². The van der Waals surface area contributed by atoms with Crippen molar-refractivity contribution in [3.05, 3.63) is 31.0 Å². The summed E-state index contributed by atoms with van der Waals surface area (Å²) in [6, 6.07) is 4.19. The van der Waals surface area contributed by atoms with Gasteiger partial charge in [0.25, 0.3) is 0 Å². The second-order valence-electron chi connectivity index (χ2n) is 6.04. The number of hydroxylamine groups is 2. The minimum atomic E-state index is -0.433. The van der Waals surface area contributed by atoms with Gasteiger partial charge < -0.3 is 4.98 Å². The molecule has 1 saturated heterocycles. The normalized spacial score (nSPS) is 16.5. The number of fused-ring (bicyclic) bond motifs is 1. The van der Waals surface area contributed by atoms with Crippen LogP contribution in [0.2, 0.25) is 0 Å². The average Bonchev–Trinajstić information content (AvgIpc) is 3.28. The topological polar surface area (TPSA) is 105 Å². The first kappa shape index (κ1) is 17.0. The van der Waals surface area contributed by atoms with Crippen molar-refractivity contribution in [3.63, 3.8) is 0 Å². The van der Waals surface area contributed by atoms with Crippen LogP contribution in [0.5, 0.6) is 0 Å². The van der Waals surface area contributed by atoms with Crippen LogP contribution in [0.25, 0.3) is 22.3 Å². The maximum absolute atomic E-state index is 9.26. The molecule has 0 spiro atoms. The molecule has 0 amide bonds. The quantitative estimate of drug-likeness (QED) is 0.292. The highest BCUT2D eigenvalue weighted by Gasteiger charge is 2.47. The fraction of sp³-hybridized carbons (Fsp3) is 0.375. The van der Waals surface area contributed by atoms with Crippen LogP contribution in [0.4, 0.5) is 0 Å². The summed E-state index contributed by atoms with van der Waals surface area (Å²) < 4.78 is 6.85. The van der Waals surface area contributed by atoms with Gasteiger partial charge in [-0.15, -0.1) is 9.32 Å². The Morgan fingerprint density at radius 2 is 2.31 bits per heavy atom. The van der Waals surface area contributed by atoms with Gasteiger partial charge in [0.15, 0.2) is 0 Å². The molecular weight excluding hydrogens is 354 g/mol. The lowest BCUT2D eigenvalue weighted by atomic mass is 9.89. The zero-order valence-corrected chi connectivity index (χ0v) is 14.9. The molecule has 26 heavy (non-hydrogen) atoms. The van der Waals surface area contributed by atoms with Gasteiger partial charge in [-0.3, -0.25) is 4.68 Å². The Morgan fingerprint density at radius 3 is 3.12 bits per heavy atom. The van der Waals surface area contributed by atoms with E-state index in [1.54, 1.807) is 11.3 Å². The molecule has 1 aliphatic heterocycles. The first-order valence-electron chi connectivity index (χ1n) is 8.17. The predicted molar refractivity (Wildman–Crippen MR) is 95.2 cm³/mol. The number of H-pyrrole nitrogens is 1. The maximum atomic E-state index is 9.26. The number of rotatable bonds is 7. The van der Waals surface area contributed by atoms with Gasteiger partial charge in [-0.05, 0) is 6.07 Å². The number of nitrogens with zero attached hydrogens (tertiary/aromatic N) is 6. The summed E-state index contributed by atoms with van der Waals surface area (Å²) in [6.45, 7) is 3.02. The van der Waals surface area contributed by atoms with E-state index in [0.717, 1.165) is 28.0 Å². The lowest BCUT2D eigenvalue weighted by Crippen LogP contribution is -2.62. The number of aromatic nitrogens is 5. The minimum absolute atomic E-state index is 0.332. The molecular formula is C16H17N7O2S. The van der Waals surface area contributed by atoms with Gasteiger partial charge in [0, 0.05) is 41.1 Å². The Labute approximate surface area is 154 Å². The van der Waals surface area contributed by atoms with E-state index in [0.29, 0.717) is 19.5 Å². The summed E-state index contributed by atoms with van der Waals surface area (Å²) in [4.78, 5) is 16.9. The van der Waals surface area contributed by atoms with Gasteiger partial charge >= 0.3 is 0 Å². The monoisotopic (exact) mass is 371 g/mol. The first-order chi connectivity index (χ1) is 12.8. The predicted octanol–water partition coefficient (Wildman–Crippen LogP) is 2.28. The van der Waals surface area contributed by atoms with Gasteiger partial charge in [-0.1, -0.05) is 6.92 Å². The maximum Gasteiger partial charge on any atom is 0.141 e. The smallest absolute Gasteiger partial charge is 0.141 e. The van der Waals surface area contributed by atoms with Crippen LogP contribution in [0.3, 0.4) is 0 Å². The van der Waals surface area contributed by atoms with Gasteiger partial charge in [0.05, 0.1) is 37.5 Å². The Hall–Kier alpha value is -2.45. The molecule has 0 unspecified atom stereocenters. The van der Waals surface area contributed by atoms with Gasteiger partial charge in [-0.2, -0.15) is 15.4 Å². The minimum Gasteiger partial charge on any atom is -0.346 e. The van der Waals surface area contributed by atoms with Crippen molar-refractivity contribution < 1.29 is 9.32 Å². The van der Waals surface area contributed by atoms with Crippen LogP contribution in [0.15, 0.2) is 31.0 Å². The molecule has 4 heterocycles. The largest absolute Gasteiger partial charge is 0.346 e. The first-order valence-corrected chi connectivity index (χ1v) is 9.08. The highest BCUT2D eigenvalue weighted by Crippen LogP contribution is 2.34. The van der Waals surface area contributed by atoms with Gasteiger partial charge in [0.1, 0.15) is 17.5 Å². The van der Waals surface area contributed by atoms with Crippen molar-refractivity contribution in [2.75, 3.05) is 18.8 Å². The third kappa shape index (κ3) is 2.95. The molecule has 0 bridgehead atoms. The van der Waals surface area contributed by atoms with Gasteiger partial charge in [0.2, 0.25) is 0 Å². The van der Waals surface area contributed by atoms with Crippen molar-refractivity contribution in [1.82, 2.24) is 29.8 Å². The van der Waals surface area contributed by atoms with Crippen LogP contribution in [-0.4, -0.2) is 48.6 Å². The summed E-state index contributed by atoms with van der Waals surface area (Å²) >= 11 is 1.23. The standard InChI is InChI=1S/C16H17N7O2S/c1-2-26-25-24-22-9-16(10-22,4-5-17)23-8-12(7-21-23)14-13-3-6-18-15(13)20-11-19-14/h3,6-8,11H,2,4,9-10H2,1H3,(H,18,19,20). The van der Waals surface area contributed by atoms with Crippen molar-refractivity contribution in [2.45, 2.75) is 18.9 Å². The Morgan fingerprint density at radius 1 is 1.42 bits per heavy atom. The van der Waals surface area contributed by atoms with E-state index in [2.05, 4.69) is 26.1 Å². The molecule has 0 aromatic carbocycles. The van der Waals surface area contributed by atoms with Crippen LogP contribution in [0, 0.1) is 11.3 Å². The molecule has 1 fully saturated rings. The molecule has 0 aliphatic carbocycles. The molecule has 1 N–H and O–H groups in total. The van der Waals surface area contributed by atoms with E-state index in [-0.39, 0.29) is 0 Å². The SMILES string of the molecule is CCSOON1CC(CC#N)(n2cc(-c3ncnc4[nH]ccc34)cn2)C1. The third-order valence-electron chi connectivity index (χ3n) is 4.35. The molecule has 10 heteroatoms. The molecule has 4 rings (SSSR count). The summed E-state index contributed by atoms with van der Waals surface area (Å²) in [5.41, 5.74) is 2.04. The second-order valence-corrected chi connectivity index (χ2v) is 6.99. The highest BCUT2D eigenvalue weighted by atomic mass is 32.2. The van der Waals surface area contributed by atoms with E-state index in [9.17, 15) is 5.26 Å². The fourth-order valence-electron chi connectivity index (χ4n) is 3.07. The fourth-order valence-corrected chi connectivity index (χ4v) is 3.29. The molecule has 0 atom stereocenters. The van der Waals surface area contributed by atoms with Crippen molar-refractivity contribution in [3.8, 4) is 17.3 Å². The summed E-state index contributed by atoms with van der Waals surface area (Å²) in [5, 5.41) is 16.4. The van der Waals surface area contributed by atoms with E-state index in [4.69, 9.17) is 9.32 Å². The highest BCUT2D eigenvalue weighted by molar-refractivity contribution is 7.94. The number of hydrogen-bond acceptors (Lipinski definition) is 8. The number of hydrogen-bond donors (Lipinski definition) is 1. The van der Waals surface area contributed by atoms with Crippen LogP contribution in [0.1, 0.15) is 13.3 Å². The second kappa shape index (κ2) is 7.05. The molecule has 9 nitrogen and oxygen atoms in total. The lowest BCUT2D eigenvalue weighted by molar-refractivity contribution is -0.400. The van der Waals surface area contributed by atoms with Crippen molar-refractivity contribution in [1.29, 1.82) is 5.26 Å². The zero-order chi connectivity index (χ0) is 18.0. The molecule has 0 radical (unpaired) electrons. The van der Waals surface area contributed by atoms with E-state index >= 15 is 0 Å². The average molecular weight is 371 g/mol. The number of nitrogens with one attached hydrogen (secondary N) is 1. The summed E-state index contributed by atoms with van der Waals surface area (Å²) in [6.07, 6.45) is 7.38. The van der Waals surface area contributed by atoms with Crippen molar-refractivity contribution >= 4 is 23.1 Å².